The molecule has 0 saturated heterocycles. The van der Waals surface area contributed by atoms with E-state index < -0.39 is 11.0 Å². The molecule has 0 atom stereocenters. The summed E-state index contributed by atoms with van der Waals surface area (Å²) in [6.45, 7) is 0. The number of thioether (sulfide) groups is 2. The Balaban J connectivity index is 1.80. The third-order valence-electron chi connectivity index (χ3n) is 2.48. The normalized spacial score (nSPS) is 11.9. The van der Waals surface area contributed by atoms with E-state index in [2.05, 4.69) is 0 Å². The quantitative estimate of drug-likeness (QED) is 0.343. The molecule has 0 saturated carbocycles. The molecule has 0 heterocycles. The van der Waals surface area contributed by atoms with Crippen LogP contribution in [-0.4, -0.2) is 18.7 Å². The van der Waals surface area contributed by atoms with Gasteiger partial charge in [-0.1, -0.05) is 0 Å². The van der Waals surface area contributed by atoms with Gasteiger partial charge >= 0.3 is 18.7 Å². The summed E-state index contributed by atoms with van der Waals surface area (Å²) >= 11 is -0.488. The van der Waals surface area contributed by atoms with E-state index in [1.807, 2.05) is 0 Å². The molecule has 0 aliphatic rings. The third kappa shape index (κ3) is 7.87. The van der Waals surface area contributed by atoms with Crippen LogP contribution >= 0.6 is 23.5 Å². The summed E-state index contributed by atoms with van der Waals surface area (Å²) in [5.74, 6) is 0.492. The van der Waals surface area contributed by atoms with Crippen molar-refractivity contribution in [2.45, 2.75) is 20.8 Å². The fourth-order valence-corrected chi connectivity index (χ4v) is 2.65. The van der Waals surface area contributed by atoms with Crippen molar-refractivity contribution in [3.63, 3.8) is 0 Å². The molecule has 2 rings (SSSR count). The minimum absolute atomic E-state index is 0.0125. The summed E-state index contributed by atoms with van der Waals surface area (Å²) in [6, 6.07) is 10.3. The molecule has 1 radical (unpaired) electrons. The van der Waals surface area contributed by atoms with Crippen molar-refractivity contribution in [3.05, 3.63) is 48.5 Å². The van der Waals surface area contributed by atoms with Crippen molar-refractivity contribution in [2.75, 3.05) is 0 Å². The van der Waals surface area contributed by atoms with Gasteiger partial charge in [-0.3, -0.25) is 0 Å². The molecule has 2 aromatic carbocycles. The van der Waals surface area contributed by atoms with Gasteiger partial charge in [0.05, 0.1) is 0 Å². The number of hydrogen-bond donors (Lipinski definition) is 0. The Hall–Kier alpha value is -1.62. The van der Waals surface area contributed by atoms with Gasteiger partial charge in [-0.2, -0.15) is 26.3 Å². The topological polar surface area (TPSA) is 18.5 Å². The van der Waals surface area contributed by atoms with E-state index in [-0.39, 0.29) is 44.8 Å². The van der Waals surface area contributed by atoms with Gasteiger partial charge in [0, 0.05) is 9.79 Å². The lowest BCUT2D eigenvalue weighted by molar-refractivity contribution is -0.0337. The van der Waals surface area contributed by atoms with Gasteiger partial charge in [-0.25, -0.2) is 0 Å². The molecule has 2 nitrogen and oxygen atoms in total. The number of hydrogen-bond acceptors (Lipinski definition) is 4. The third-order valence-corrected chi connectivity index (χ3v) is 3.96. The van der Waals surface area contributed by atoms with Gasteiger partial charge in [-0.15, -0.1) is 0 Å². The molecule has 11 heteroatoms. The van der Waals surface area contributed by atoms with Gasteiger partial charge in [-0.05, 0) is 72.1 Å². The summed E-state index contributed by atoms with van der Waals surface area (Å²) in [5, 5.41) is 0. The number of rotatable bonds is 6. The predicted octanol–water partition coefficient (Wildman–Crippen LogP) is 5.90. The second kappa shape index (κ2) is 8.18. The first-order valence-electron chi connectivity index (χ1n) is 6.47. The van der Waals surface area contributed by atoms with Crippen LogP contribution in [-0.2, 0) is 0 Å². The number of halogens is 6. The van der Waals surface area contributed by atoms with Crippen LogP contribution in [0.4, 0.5) is 26.3 Å². The van der Waals surface area contributed by atoms with E-state index >= 15 is 0 Å². The maximum atomic E-state index is 12.2. The molecule has 0 N–H and O–H groups in total. The molecule has 133 valence electrons. The maximum Gasteiger partial charge on any atom is 0.658 e. The average Bonchev–Trinajstić information content (AvgIpc) is 2.48. The number of alkyl halides is 6. The van der Waals surface area contributed by atoms with Gasteiger partial charge in [0.25, 0.3) is 0 Å². The van der Waals surface area contributed by atoms with Crippen LogP contribution in [0.2, 0.25) is 0 Å². The Labute approximate surface area is 148 Å². The van der Waals surface area contributed by atoms with E-state index in [0.717, 1.165) is 7.69 Å². The lowest BCUT2D eigenvalue weighted by Crippen LogP contribution is -2.10. The van der Waals surface area contributed by atoms with Crippen molar-refractivity contribution in [1.82, 2.24) is 0 Å². The first-order chi connectivity index (χ1) is 11.6. The van der Waals surface area contributed by atoms with Gasteiger partial charge < -0.3 is 9.31 Å². The van der Waals surface area contributed by atoms with E-state index in [4.69, 9.17) is 9.31 Å². The van der Waals surface area contributed by atoms with Crippen LogP contribution < -0.4 is 9.31 Å². The highest BCUT2D eigenvalue weighted by atomic mass is 32.2. The monoisotopic (exact) mass is 397 g/mol. The largest absolute Gasteiger partial charge is 0.658 e. The molecule has 0 spiro atoms. The first kappa shape index (κ1) is 19.7. The molecule has 2 aromatic rings. The minimum Gasteiger partial charge on any atom is -0.526 e. The lowest BCUT2D eigenvalue weighted by atomic mass is 10.3. The molecule has 0 unspecified atom stereocenters. The molecule has 0 aliphatic carbocycles. The highest BCUT2D eigenvalue weighted by molar-refractivity contribution is 8.00. The van der Waals surface area contributed by atoms with Crippen molar-refractivity contribution in [1.29, 1.82) is 0 Å². The second-order valence-electron chi connectivity index (χ2n) is 4.37. The van der Waals surface area contributed by atoms with Crippen LogP contribution in [0.15, 0.2) is 58.3 Å². The van der Waals surface area contributed by atoms with Crippen LogP contribution in [0, 0.1) is 0 Å². The lowest BCUT2D eigenvalue weighted by Gasteiger charge is -2.09. The van der Waals surface area contributed by atoms with E-state index in [0.29, 0.717) is 0 Å². The van der Waals surface area contributed by atoms with E-state index in [9.17, 15) is 26.3 Å². The fourth-order valence-electron chi connectivity index (χ4n) is 1.57. The standard InChI is InChI=1S/C14H8BF6O2S2/c16-13(17,18)24-11-5-1-9(2-6-11)22-15-23-10-3-7-12(8-4-10)25-14(19,20)21/h1-8H. The maximum absolute atomic E-state index is 12.2. The first-order valence-corrected chi connectivity index (χ1v) is 8.11. The molecule has 0 fully saturated rings. The Morgan fingerprint density at radius 1 is 0.600 bits per heavy atom. The highest BCUT2D eigenvalue weighted by Crippen LogP contribution is 2.38. The van der Waals surface area contributed by atoms with Gasteiger partial charge in [0.1, 0.15) is 11.5 Å². The summed E-state index contributed by atoms with van der Waals surface area (Å²) < 4.78 is 83.3. The number of benzene rings is 2. The minimum atomic E-state index is -4.37. The van der Waals surface area contributed by atoms with Crippen LogP contribution in [0.25, 0.3) is 0 Å². The van der Waals surface area contributed by atoms with Crippen LogP contribution in [0.3, 0.4) is 0 Å². The van der Waals surface area contributed by atoms with Crippen LogP contribution in [0.1, 0.15) is 0 Å². The molecule has 0 amide bonds. The molecule has 0 aromatic heterocycles. The summed E-state index contributed by atoms with van der Waals surface area (Å²) in [5.41, 5.74) is -8.73. The van der Waals surface area contributed by atoms with Crippen molar-refractivity contribution in [2.24, 2.45) is 0 Å². The Bertz CT molecular complexity index is 614. The smallest absolute Gasteiger partial charge is 0.526 e. The van der Waals surface area contributed by atoms with Gasteiger partial charge in [0.15, 0.2) is 0 Å². The summed E-state index contributed by atoms with van der Waals surface area (Å²) in [7, 11) is 0.928. The fraction of sp³-hybridized carbons (Fsp3) is 0.143. The second-order valence-corrected chi connectivity index (χ2v) is 6.65. The molecule has 0 bridgehead atoms. The molecule has 25 heavy (non-hydrogen) atoms. The molecular weight excluding hydrogens is 389 g/mol. The average molecular weight is 397 g/mol. The summed E-state index contributed by atoms with van der Waals surface area (Å²) in [4.78, 5) is 0.0250. The zero-order chi connectivity index (χ0) is 18.5. The van der Waals surface area contributed by atoms with E-state index in [1.54, 1.807) is 0 Å². The highest BCUT2D eigenvalue weighted by Gasteiger charge is 2.29. The van der Waals surface area contributed by atoms with E-state index in [1.165, 1.54) is 48.5 Å². The predicted molar refractivity (Wildman–Crippen MR) is 83.7 cm³/mol. The van der Waals surface area contributed by atoms with Crippen molar-refractivity contribution >= 4 is 31.2 Å². The zero-order valence-electron chi connectivity index (χ0n) is 12.1. The SMILES string of the molecule is FC(F)(F)Sc1ccc(O[B]Oc2ccc(SC(F)(F)F)cc2)cc1. The zero-order valence-corrected chi connectivity index (χ0v) is 13.7. The van der Waals surface area contributed by atoms with Crippen molar-refractivity contribution in [3.8, 4) is 11.5 Å². The Morgan fingerprint density at radius 3 is 1.20 bits per heavy atom. The van der Waals surface area contributed by atoms with Crippen LogP contribution in [0.5, 0.6) is 11.5 Å². The van der Waals surface area contributed by atoms with Crippen molar-refractivity contribution < 1.29 is 35.7 Å². The Kier molecular flexibility index (Phi) is 6.44. The molecule has 0 aliphatic heterocycles. The molecular formula is C14H8BF6O2S2. The summed E-state index contributed by atoms with van der Waals surface area (Å²) in [6.07, 6.45) is 0. The Morgan fingerprint density at radius 2 is 0.920 bits per heavy atom. The van der Waals surface area contributed by atoms with Gasteiger partial charge in [0.2, 0.25) is 0 Å².